The third-order valence-corrected chi connectivity index (χ3v) is 6.50. The Morgan fingerprint density at radius 2 is 2.09 bits per heavy atom. The SMILES string of the molecule is CCCN1CCC(CNC(=NC)NCC2(C)CCCS2)CC1. The fraction of sp³-hybridized carbons (Fsp3) is 0.941. The summed E-state index contributed by atoms with van der Waals surface area (Å²) >= 11 is 2.10. The number of aliphatic imine (C=N–C) groups is 1. The van der Waals surface area contributed by atoms with Gasteiger partial charge in [0.05, 0.1) is 0 Å². The molecule has 0 amide bonds. The number of hydrogen-bond donors (Lipinski definition) is 2. The summed E-state index contributed by atoms with van der Waals surface area (Å²) in [7, 11) is 1.88. The van der Waals surface area contributed by atoms with Crippen LogP contribution in [-0.2, 0) is 0 Å². The molecule has 0 radical (unpaired) electrons. The van der Waals surface area contributed by atoms with Gasteiger partial charge in [0.2, 0.25) is 0 Å². The number of piperidine rings is 1. The molecule has 0 saturated carbocycles. The van der Waals surface area contributed by atoms with E-state index in [-0.39, 0.29) is 0 Å². The standard InChI is InChI=1S/C17H34N4S/c1-4-9-21-10-6-15(7-11-21)13-19-16(18-3)20-14-17(2)8-5-12-22-17/h15H,4-14H2,1-3H3,(H2,18,19,20). The van der Waals surface area contributed by atoms with Crippen LogP contribution in [0.5, 0.6) is 0 Å². The molecular formula is C17H34N4S. The molecule has 0 bridgehead atoms. The summed E-state index contributed by atoms with van der Waals surface area (Å²) in [6.07, 6.45) is 6.58. The predicted octanol–water partition coefficient (Wildman–Crippen LogP) is 2.56. The molecule has 5 heteroatoms. The highest BCUT2D eigenvalue weighted by Gasteiger charge is 2.29. The Kier molecular flexibility index (Phi) is 7.35. The largest absolute Gasteiger partial charge is 0.356 e. The third-order valence-electron chi connectivity index (χ3n) is 4.96. The van der Waals surface area contributed by atoms with E-state index in [1.807, 2.05) is 7.05 Å². The van der Waals surface area contributed by atoms with Gasteiger partial charge in [0, 0.05) is 24.9 Å². The van der Waals surface area contributed by atoms with Crippen LogP contribution in [0.25, 0.3) is 0 Å². The maximum absolute atomic E-state index is 4.38. The van der Waals surface area contributed by atoms with Crippen LogP contribution in [0, 0.1) is 5.92 Å². The first-order chi connectivity index (χ1) is 10.6. The summed E-state index contributed by atoms with van der Waals surface area (Å²) < 4.78 is 0.392. The Labute approximate surface area is 140 Å². The van der Waals surface area contributed by atoms with Crippen LogP contribution in [0.15, 0.2) is 4.99 Å². The van der Waals surface area contributed by atoms with Gasteiger partial charge in [0.25, 0.3) is 0 Å². The molecule has 0 spiro atoms. The van der Waals surface area contributed by atoms with E-state index >= 15 is 0 Å². The van der Waals surface area contributed by atoms with Crippen LogP contribution in [0.4, 0.5) is 0 Å². The van der Waals surface area contributed by atoms with E-state index in [1.54, 1.807) is 0 Å². The maximum atomic E-state index is 4.38. The Morgan fingerprint density at radius 3 is 2.68 bits per heavy atom. The van der Waals surface area contributed by atoms with E-state index in [9.17, 15) is 0 Å². The molecule has 1 unspecified atom stereocenters. The average Bonchev–Trinajstić information content (AvgIpc) is 2.96. The highest BCUT2D eigenvalue weighted by molar-refractivity contribution is 8.00. The van der Waals surface area contributed by atoms with Gasteiger partial charge in [-0.25, -0.2) is 0 Å². The highest BCUT2D eigenvalue weighted by atomic mass is 32.2. The summed E-state index contributed by atoms with van der Waals surface area (Å²) in [6, 6.07) is 0. The number of rotatable bonds is 6. The van der Waals surface area contributed by atoms with Crippen LogP contribution >= 0.6 is 11.8 Å². The lowest BCUT2D eigenvalue weighted by atomic mass is 9.97. The quantitative estimate of drug-likeness (QED) is 0.581. The molecule has 22 heavy (non-hydrogen) atoms. The number of nitrogens with zero attached hydrogens (tertiary/aromatic N) is 2. The van der Waals surface area contributed by atoms with E-state index in [4.69, 9.17) is 0 Å². The van der Waals surface area contributed by atoms with Crippen molar-refractivity contribution in [2.45, 2.75) is 50.7 Å². The molecule has 2 aliphatic heterocycles. The minimum atomic E-state index is 0.392. The number of thioether (sulfide) groups is 1. The topological polar surface area (TPSA) is 39.7 Å². The van der Waals surface area contributed by atoms with Gasteiger partial charge >= 0.3 is 0 Å². The molecule has 2 rings (SSSR count). The van der Waals surface area contributed by atoms with Crippen molar-refractivity contribution in [3.63, 3.8) is 0 Å². The molecule has 0 aromatic carbocycles. The summed E-state index contributed by atoms with van der Waals surface area (Å²) in [4.78, 5) is 6.98. The van der Waals surface area contributed by atoms with Crippen molar-refractivity contribution in [3.05, 3.63) is 0 Å². The van der Waals surface area contributed by atoms with Gasteiger partial charge in [-0.3, -0.25) is 4.99 Å². The van der Waals surface area contributed by atoms with Crippen molar-refractivity contribution in [2.24, 2.45) is 10.9 Å². The summed E-state index contributed by atoms with van der Waals surface area (Å²) in [5.74, 6) is 3.08. The van der Waals surface area contributed by atoms with Crippen molar-refractivity contribution in [2.75, 3.05) is 45.5 Å². The van der Waals surface area contributed by atoms with Gasteiger partial charge < -0.3 is 15.5 Å². The Bertz CT molecular complexity index is 345. The van der Waals surface area contributed by atoms with Crippen LogP contribution in [0.3, 0.4) is 0 Å². The van der Waals surface area contributed by atoms with Gasteiger partial charge in [0.15, 0.2) is 5.96 Å². The van der Waals surface area contributed by atoms with Crippen molar-refractivity contribution in [1.82, 2.24) is 15.5 Å². The Hall–Kier alpha value is -0.420. The first kappa shape index (κ1) is 17.9. The monoisotopic (exact) mass is 326 g/mol. The lowest BCUT2D eigenvalue weighted by Gasteiger charge is -2.32. The number of likely N-dealkylation sites (tertiary alicyclic amines) is 1. The minimum Gasteiger partial charge on any atom is -0.356 e. The Morgan fingerprint density at radius 1 is 1.32 bits per heavy atom. The van der Waals surface area contributed by atoms with E-state index in [0.29, 0.717) is 4.75 Å². The summed E-state index contributed by atoms with van der Waals surface area (Å²) in [5.41, 5.74) is 0. The molecule has 0 aromatic heterocycles. The van der Waals surface area contributed by atoms with E-state index < -0.39 is 0 Å². The van der Waals surface area contributed by atoms with Crippen molar-refractivity contribution in [1.29, 1.82) is 0 Å². The number of guanidine groups is 1. The van der Waals surface area contributed by atoms with Crippen molar-refractivity contribution >= 4 is 17.7 Å². The van der Waals surface area contributed by atoms with Crippen LogP contribution < -0.4 is 10.6 Å². The molecule has 2 N–H and O–H groups in total. The van der Waals surface area contributed by atoms with Crippen LogP contribution in [-0.4, -0.2) is 61.1 Å². The smallest absolute Gasteiger partial charge is 0.191 e. The molecule has 2 saturated heterocycles. The van der Waals surface area contributed by atoms with E-state index in [2.05, 4.69) is 46.1 Å². The first-order valence-electron chi connectivity index (χ1n) is 8.96. The zero-order chi connectivity index (χ0) is 15.8. The zero-order valence-electron chi connectivity index (χ0n) is 14.7. The molecule has 0 aliphatic carbocycles. The van der Waals surface area contributed by atoms with Crippen molar-refractivity contribution < 1.29 is 0 Å². The second-order valence-electron chi connectivity index (χ2n) is 6.99. The van der Waals surface area contributed by atoms with E-state index in [1.165, 1.54) is 57.5 Å². The second-order valence-corrected chi connectivity index (χ2v) is 8.68. The zero-order valence-corrected chi connectivity index (χ0v) is 15.5. The molecule has 2 heterocycles. The van der Waals surface area contributed by atoms with E-state index in [0.717, 1.165) is 25.0 Å². The van der Waals surface area contributed by atoms with Crippen molar-refractivity contribution in [3.8, 4) is 0 Å². The summed E-state index contributed by atoms with van der Waals surface area (Å²) in [6.45, 7) is 10.5. The molecule has 0 aromatic rings. The molecule has 1 atom stereocenters. The summed E-state index contributed by atoms with van der Waals surface area (Å²) in [5, 5.41) is 7.07. The normalized spacial score (nSPS) is 28.0. The van der Waals surface area contributed by atoms with Gasteiger partial charge in [-0.1, -0.05) is 6.92 Å². The lowest BCUT2D eigenvalue weighted by molar-refractivity contribution is 0.185. The van der Waals surface area contributed by atoms with Gasteiger partial charge in [-0.15, -0.1) is 0 Å². The maximum Gasteiger partial charge on any atom is 0.191 e. The fourth-order valence-corrected chi connectivity index (χ4v) is 4.68. The fourth-order valence-electron chi connectivity index (χ4n) is 3.44. The molecule has 2 aliphatic rings. The minimum absolute atomic E-state index is 0.392. The lowest BCUT2D eigenvalue weighted by Crippen LogP contribution is -2.46. The Balaban J connectivity index is 1.64. The third kappa shape index (κ3) is 5.65. The molecular weight excluding hydrogens is 292 g/mol. The predicted molar refractivity (Wildman–Crippen MR) is 98.9 cm³/mol. The van der Waals surface area contributed by atoms with Gasteiger partial charge in [-0.2, -0.15) is 11.8 Å². The van der Waals surface area contributed by atoms with Gasteiger partial charge in [-0.05, 0) is 70.3 Å². The molecule has 128 valence electrons. The number of hydrogen-bond acceptors (Lipinski definition) is 3. The van der Waals surface area contributed by atoms with Gasteiger partial charge in [0.1, 0.15) is 0 Å². The first-order valence-corrected chi connectivity index (χ1v) is 9.94. The highest BCUT2D eigenvalue weighted by Crippen LogP contribution is 2.36. The molecule has 2 fully saturated rings. The second kappa shape index (κ2) is 9.02. The van der Waals surface area contributed by atoms with Crippen LogP contribution in [0.1, 0.15) is 46.0 Å². The number of nitrogens with one attached hydrogen (secondary N) is 2. The molecule has 4 nitrogen and oxygen atoms in total. The van der Waals surface area contributed by atoms with Crippen LogP contribution in [0.2, 0.25) is 0 Å². The average molecular weight is 327 g/mol.